The SMILES string of the molecule is CCCCCN(CC#CC#CC(C)(C)C)CCNC(=O)CSc1cnc2ccccc2c1. The number of nitrogens with zero attached hydrogens (tertiary/aromatic N) is 2. The van der Waals surface area contributed by atoms with Crippen LogP contribution in [-0.2, 0) is 4.79 Å². The molecule has 2 rings (SSSR count). The molecule has 170 valence electrons. The van der Waals surface area contributed by atoms with Crippen molar-refractivity contribution >= 4 is 28.6 Å². The molecule has 2 aromatic rings. The molecule has 5 heteroatoms. The minimum Gasteiger partial charge on any atom is -0.354 e. The van der Waals surface area contributed by atoms with Crippen molar-refractivity contribution in [1.82, 2.24) is 15.2 Å². The summed E-state index contributed by atoms with van der Waals surface area (Å²) < 4.78 is 0. The minimum absolute atomic E-state index is 0.0271. The molecule has 0 saturated heterocycles. The second-order valence-corrected chi connectivity index (χ2v) is 9.84. The van der Waals surface area contributed by atoms with Crippen LogP contribution in [0.1, 0.15) is 47.0 Å². The van der Waals surface area contributed by atoms with E-state index in [1.807, 2.05) is 30.5 Å². The molecule has 1 amide bonds. The van der Waals surface area contributed by atoms with Gasteiger partial charge in [0.1, 0.15) is 0 Å². The lowest BCUT2D eigenvalue weighted by molar-refractivity contribution is -0.118. The summed E-state index contributed by atoms with van der Waals surface area (Å²) in [4.78, 5) is 20.1. The number of hydrogen-bond acceptors (Lipinski definition) is 4. The monoisotopic (exact) mass is 449 g/mol. The van der Waals surface area contributed by atoms with Crippen LogP contribution in [0.15, 0.2) is 41.4 Å². The van der Waals surface area contributed by atoms with Crippen LogP contribution in [0.3, 0.4) is 0 Å². The summed E-state index contributed by atoms with van der Waals surface area (Å²) in [6.45, 7) is 11.5. The maximum Gasteiger partial charge on any atom is 0.230 e. The number of thioether (sulfide) groups is 1. The van der Waals surface area contributed by atoms with Crippen molar-refractivity contribution in [3.05, 3.63) is 36.5 Å². The molecule has 1 N–H and O–H groups in total. The molecule has 0 saturated carbocycles. The van der Waals surface area contributed by atoms with Gasteiger partial charge in [0.05, 0.1) is 17.8 Å². The molecule has 0 atom stereocenters. The number of benzene rings is 1. The first-order valence-electron chi connectivity index (χ1n) is 11.3. The Morgan fingerprint density at radius 2 is 1.97 bits per heavy atom. The van der Waals surface area contributed by atoms with E-state index in [-0.39, 0.29) is 11.3 Å². The molecule has 0 bridgehead atoms. The first-order valence-corrected chi connectivity index (χ1v) is 12.3. The van der Waals surface area contributed by atoms with Gasteiger partial charge in [-0.1, -0.05) is 49.8 Å². The molecule has 32 heavy (non-hydrogen) atoms. The summed E-state index contributed by atoms with van der Waals surface area (Å²) in [5.41, 5.74) is 0.942. The predicted octanol–water partition coefficient (Wildman–Crippen LogP) is 4.99. The normalized spacial score (nSPS) is 10.9. The number of para-hydroxylation sites is 1. The zero-order valence-electron chi connectivity index (χ0n) is 19.8. The number of aromatic nitrogens is 1. The van der Waals surface area contributed by atoms with E-state index >= 15 is 0 Å². The smallest absolute Gasteiger partial charge is 0.230 e. The Bertz CT molecular complexity index is 989. The Balaban J connectivity index is 1.77. The van der Waals surface area contributed by atoms with E-state index < -0.39 is 0 Å². The van der Waals surface area contributed by atoms with Crippen LogP contribution >= 0.6 is 11.8 Å². The number of rotatable bonds is 11. The van der Waals surface area contributed by atoms with Crippen LogP contribution in [0, 0.1) is 29.1 Å². The molecular formula is C27H35N3OS. The maximum absolute atomic E-state index is 12.3. The number of fused-ring (bicyclic) bond motifs is 1. The highest BCUT2D eigenvalue weighted by molar-refractivity contribution is 8.00. The lowest BCUT2D eigenvalue weighted by Crippen LogP contribution is -2.36. The van der Waals surface area contributed by atoms with Crippen molar-refractivity contribution in [3.8, 4) is 23.7 Å². The van der Waals surface area contributed by atoms with Crippen LogP contribution in [0.5, 0.6) is 0 Å². The zero-order chi connectivity index (χ0) is 23.2. The van der Waals surface area contributed by atoms with E-state index in [9.17, 15) is 4.79 Å². The van der Waals surface area contributed by atoms with Gasteiger partial charge in [0.15, 0.2) is 0 Å². The molecule has 4 nitrogen and oxygen atoms in total. The first-order chi connectivity index (χ1) is 15.4. The third kappa shape index (κ3) is 10.7. The molecule has 0 spiro atoms. The fraction of sp³-hybridized carbons (Fsp3) is 0.481. The maximum atomic E-state index is 12.3. The summed E-state index contributed by atoms with van der Waals surface area (Å²) in [6.07, 6.45) is 5.37. The summed E-state index contributed by atoms with van der Waals surface area (Å²) in [7, 11) is 0. The van der Waals surface area contributed by atoms with Crippen LogP contribution in [0.25, 0.3) is 10.9 Å². The number of nitrogens with one attached hydrogen (secondary N) is 1. The van der Waals surface area contributed by atoms with Crippen molar-refractivity contribution in [2.45, 2.75) is 51.9 Å². The van der Waals surface area contributed by atoms with Gasteiger partial charge in [0.25, 0.3) is 0 Å². The Morgan fingerprint density at radius 1 is 1.16 bits per heavy atom. The fourth-order valence-corrected chi connectivity index (χ4v) is 3.69. The largest absolute Gasteiger partial charge is 0.354 e. The molecule has 0 aliphatic heterocycles. The fourth-order valence-electron chi connectivity index (χ4n) is 2.95. The lowest BCUT2D eigenvalue weighted by Gasteiger charge is -2.19. The number of carbonyl (C=O) groups is 1. The Hall–Kier alpha value is -2.47. The van der Waals surface area contributed by atoms with Gasteiger partial charge in [-0.15, -0.1) is 11.8 Å². The molecule has 0 fully saturated rings. The minimum atomic E-state index is -0.0271. The quantitative estimate of drug-likeness (QED) is 0.298. The average Bonchev–Trinajstić information content (AvgIpc) is 2.76. The second-order valence-electron chi connectivity index (χ2n) is 8.79. The second kappa shape index (κ2) is 13.8. The van der Waals surface area contributed by atoms with Crippen LogP contribution in [0.4, 0.5) is 0 Å². The average molecular weight is 450 g/mol. The molecule has 0 unspecified atom stereocenters. The molecule has 1 aromatic heterocycles. The van der Waals surface area contributed by atoms with E-state index in [4.69, 9.17) is 0 Å². The van der Waals surface area contributed by atoms with Gasteiger partial charge < -0.3 is 5.32 Å². The number of hydrogen-bond donors (Lipinski definition) is 1. The van der Waals surface area contributed by atoms with Gasteiger partial charge in [-0.25, -0.2) is 0 Å². The Labute approximate surface area is 197 Å². The van der Waals surface area contributed by atoms with Gasteiger partial charge in [-0.3, -0.25) is 14.7 Å². The van der Waals surface area contributed by atoms with E-state index in [2.05, 4.69) is 72.6 Å². The van der Waals surface area contributed by atoms with Crippen molar-refractivity contribution < 1.29 is 4.79 Å². The summed E-state index contributed by atoms with van der Waals surface area (Å²) in [5.74, 6) is 12.6. The number of amides is 1. The summed E-state index contributed by atoms with van der Waals surface area (Å²) >= 11 is 1.51. The van der Waals surface area contributed by atoms with E-state index in [0.29, 0.717) is 18.8 Å². The highest BCUT2D eigenvalue weighted by atomic mass is 32.2. The topological polar surface area (TPSA) is 45.2 Å². The number of pyridine rings is 1. The van der Waals surface area contributed by atoms with Crippen LogP contribution < -0.4 is 5.32 Å². The third-order valence-electron chi connectivity index (χ3n) is 4.65. The third-order valence-corrected chi connectivity index (χ3v) is 5.62. The van der Waals surface area contributed by atoms with E-state index in [1.54, 1.807) is 0 Å². The highest BCUT2D eigenvalue weighted by Gasteiger charge is 2.07. The number of carbonyl (C=O) groups excluding carboxylic acids is 1. The number of unbranched alkanes of at least 4 members (excludes halogenated alkanes) is 2. The highest BCUT2D eigenvalue weighted by Crippen LogP contribution is 2.21. The van der Waals surface area contributed by atoms with Gasteiger partial charge in [0, 0.05) is 35.0 Å². The molecule has 0 aliphatic carbocycles. The molecule has 0 aliphatic rings. The van der Waals surface area contributed by atoms with Gasteiger partial charge in [-0.05, 0) is 57.7 Å². The van der Waals surface area contributed by atoms with Gasteiger partial charge >= 0.3 is 0 Å². The van der Waals surface area contributed by atoms with Gasteiger partial charge in [-0.2, -0.15) is 0 Å². The van der Waals surface area contributed by atoms with Crippen molar-refractivity contribution in [2.75, 3.05) is 31.9 Å². The Morgan fingerprint density at radius 3 is 2.75 bits per heavy atom. The molecule has 1 heterocycles. The van der Waals surface area contributed by atoms with Crippen molar-refractivity contribution in [3.63, 3.8) is 0 Å². The zero-order valence-corrected chi connectivity index (χ0v) is 20.6. The molecular weight excluding hydrogens is 414 g/mol. The van der Waals surface area contributed by atoms with E-state index in [1.165, 1.54) is 24.6 Å². The first kappa shape index (κ1) is 25.8. The van der Waals surface area contributed by atoms with Gasteiger partial charge in [0.2, 0.25) is 5.91 Å². The van der Waals surface area contributed by atoms with E-state index in [0.717, 1.165) is 35.3 Å². The lowest BCUT2D eigenvalue weighted by atomic mass is 9.98. The van der Waals surface area contributed by atoms with Crippen LogP contribution in [0.2, 0.25) is 0 Å². The predicted molar refractivity (Wildman–Crippen MR) is 136 cm³/mol. The van der Waals surface area contributed by atoms with Crippen molar-refractivity contribution in [2.24, 2.45) is 5.41 Å². The standard InChI is InChI=1S/C27H35N3OS/c1-5-6-11-17-30(18-12-7-10-15-27(2,3)4)19-16-28-26(31)22-32-24-20-23-13-8-9-14-25(23)29-21-24/h8-9,13-14,20-21H,5-6,11,16-19,22H2,1-4H3,(H,28,31). The van der Waals surface area contributed by atoms with Crippen molar-refractivity contribution in [1.29, 1.82) is 0 Å². The molecule has 0 radical (unpaired) electrons. The Kier molecular flexibility index (Phi) is 11.2. The molecule has 1 aromatic carbocycles. The summed E-state index contributed by atoms with van der Waals surface area (Å²) in [6, 6.07) is 10.1. The van der Waals surface area contributed by atoms with Crippen LogP contribution in [-0.4, -0.2) is 47.7 Å². The summed E-state index contributed by atoms with van der Waals surface area (Å²) in [5, 5.41) is 4.13.